The zero-order valence-electron chi connectivity index (χ0n) is 7.98. The van der Waals surface area contributed by atoms with E-state index in [0.29, 0.717) is 5.84 Å². The van der Waals surface area contributed by atoms with Crippen LogP contribution in [0, 0.1) is 5.92 Å². The molecule has 5 heteroatoms. The summed E-state index contributed by atoms with van der Waals surface area (Å²) in [5.41, 5.74) is 5.59. The van der Waals surface area contributed by atoms with Crippen LogP contribution < -0.4 is 5.73 Å². The third kappa shape index (κ3) is 3.98. The molecule has 0 amide bonds. The first-order valence-corrected chi connectivity index (χ1v) is 4.85. The molecule has 0 unspecified atom stereocenters. The average molecular weight is 208 g/mol. The molecule has 1 aliphatic carbocycles. The molecule has 0 aromatic carbocycles. The molecular formula is C9H15F3N2. The van der Waals surface area contributed by atoms with Crippen molar-refractivity contribution in [2.45, 2.75) is 38.3 Å². The van der Waals surface area contributed by atoms with E-state index in [9.17, 15) is 13.2 Å². The van der Waals surface area contributed by atoms with Crippen molar-refractivity contribution in [3.05, 3.63) is 0 Å². The van der Waals surface area contributed by atoms with Crippen LogP contribution in [-0.2, 0) is 0 Å². The topological polar surface area (TPSA) is 38.4 Å². The molecule has 1 aliphatic rings. The summed E-state index contributed by atoms with van der Waals surface area (Å²) in [5.74, 6) is 0.634. The minimum atomic E-state index is -4.13. The maximum atomic E-state index is 11.8. The smallest absolute Gasteiger partial charge is 0.387 e. The number of amidine groups is 1. The van der Waals surface area contributed by atoms with Crippen molar-refractivity contribution in [3.8, 4) is 0 Å². The van der Waals surface area contributed by atoms with Gasteiger partial charge in [0.15, 0.2) is 0 Å². The second kappa shape index (κ2) is 4.66. The van der Waals surface area contributed by atoms with Crippen molar-refractivity contribution < 1.29 is 13.2 Å². The molecule has 0 saturated heterocycles. The number of hydrogen-bond donors (Lipinski definition) is 1. The van der Waals surface area contributed by atoms with Gasteiger partial charge in [0.2, 0.25) is 0 Å². The standard InChI is InChI=1S/C9H15F3N2/c10-9(11,12)5-6-14-8(13)7-3-1-2-4-7/h7H,1-6H2,(H2,13,14). The average Bonchev–Trinajstić information content (AvgIpc) is 2.53. The van der Waals surface area contributed by atoms with Gasteiger partial charge in [0.25, 0.3) is 0 Å². The summed E-state index contributed by atoms with van der Waals surface area (Å²) in [4.78, 5) is 3.77. The minimum absolute atomic E-state index is 0.225. The van der Waals surface area contributed by atoms with Gasteiger partial charge in [0, 0.05) is 12.5 Å². The van der Waals surface area contributed by atoms with E-state index in [1.54, 1.807) is 0 Å². The molecule has 2 N–H and O–H groups in total. The lowest BCUT2D eigenvalue weighted by atomic mass is 10.1. The van der Waals surface area contributed by atoms with Crippen LogP contribution in [0.5, 0.6) is 0 Å². The Bertz CT molecular complexity index is 205. The Morgan fingerprint density at radius 2 is 1.86 bits per heavy atom. The van der Waals surface area contributed by atoms with E-state index >= 15 is 0 Å². The van der Waals surface area contributed by atoms with Crippen LogP contribution in [0.2, 0.25) is 0 Å². The molecular weight excluding hydrogens is 193 g/mol. The Morgan fingerprint density at radius 3 is 2.36 bits per heavy atom. The zero-order valence-corrected chi connectivity index (χ0v) is 7.98. The molecule has 0 spiro atoms. The molecule has 0 aliphatic heterocycles. The number of aliphatic imine (C=N–C) groups is 1. The highest BCUT2D eigenvalue weighted by atomic mass is 19.4. The first kappa shape index (κ1) is 11.3. The van der Waals surface area contributed by atoms with Gasteiger partial charge in [-0.2, -0.15) is 13.2 Å². The second-order valence-corrected chi connectivity index (χ2v) is 3.65. The Morgan fingerprint density at radius 1 is 1.29 bits per heavy atom. The Labute approximate surface area is 81.4 Å². The maximum Gasteiger partial charge on any atom is 0.390 e. The number of alkyl halides is 3. The Balaban J connectivity index is 2.29. The van der Waals surface area contributed by atoms with Gasteiger partial charge in [0.05, 0.1) is 12.3 Å². The van der Waals surface area contributed by atoms with Crippen molar-refractivity contribution in [3.63, 3.8) is 0 Å². The van der Waals surface area contributed by atoms with Gasteiger partial charge in [-0.3, -0.25) is 4.99 Å². The van der Waals surface area contributed by atoms with Crippen LogP contribution in [0.4, 0.5) is 13.2 Å². The SMILES string of the molecule is NC(=NCCC(F)(F)F)C1CCCC1. The van der Waals surface area contributed by atoms with Gasteiger partial charge in [-0.25, -0.2) is 0 Å². The van der Waals surface area contributed by atoms with Gasteiger partial charge in [-0.1, -0.05) is 12.8 Å². The van der Waals surface area contributed by atoms with Crippen molar-refractivity contribution >= 4 is 5.84 Å². The number of halogens is 3. The van der Waals surface area contributed by atoms with Crippen molar-refractivity contribution in [1.82, 2.24) is 0 Å². The zero-order chi connectivity index (χ0) is 10.6. The Hall–Kier alpha value is -0.740. The summed E-state index contributed by atoms with van der Waals surface area (Å²) in [7, 11) is 0. The molecule has 0 heterocycles. The first-order chi connectivity index (χ1) is 6.49. The minimum Gasteiger partial charge on any atom is -0.387 e. The quantitative estimate of drug-likeness (QED) is 0.561. The summed E-state index contributed by atoms with van der Waals surface area (Å²) in [6.07, 6.45) is -0.830. The highest BCUT2D eigenvalue weighted by Crippen LogP contribution is 2.25. The van der Waals surface area contributed by atoms with Gasteiger partial charge < -0.3 is 5.73 Å². The van der Waals surface area contributed by atoms with Crippen molar-refractivity contribution in [1.29, 1.82) is 0 Å². The fraction of sp³-hybridized carbons (Fsp3) is 0.889. The van der Waals surface area contributed by atoms with Crippen LogP contribution in [-0.4, -0.2) is 18.6 Å². The molecule has 1 saturated carbocycles. The van der Waals surface area contributed by atoms with Crippen LogP contribution in [0.25, 0.3) is 0 Å². The third-order valence-corrected chi connectivity index (χ3v) is 2.46. The number of rotatable bonds is 3. The lowest BCUT2D eigenvalue weighted by molar-refractivity contribution is -0.132. The number of hydrogen-bond acceptors (Lipinski definition) is 1. The third-order valence-electron chi connectivity index (χ3n) is 2.46. The van der Waals surface area contributed by atoms with Crippen molar-refractivity contribution in [2.75, 3.05) is 6.54 Å². The van der Waals surface area contributed by atoms with Gasteiger partial charge in [-0.15, -0.1) is 0 Å². The highest BCUT2D eigenvalue weighted by Gasteiger charge is 2.26. The number of nitrogens with zero attached hydrogens (tertiary/aromatic N) is 1. The fourth-order valence-electron chi connectivity index (χ4n) is 1.66. The molecule has 14 heavy (non-hydrogen) atoms. The highest BCUT2D eigenvalue weighted by molar-refractivity contribution is 5.83. The molecule has 0 bridgehead atoms. The lowest BCUT2D eigenvalue weighted by Gasteiger charge is -2.08. The lowest BCUT2D eigenvalue weighted by Crippen LogP contribution is -2.22. The first-order valence-electron chi connectivity index (χ1n) is 4.85. The fourth-order valence-corrected chi connectivity index (χ4v) is 1.66. The van der Waals surface area contributed by atoms with Crippen molar-refractivity contribution in [2.24, 2.45) is 16.6 Å². The van der Waals surface area contributed by atoms with Gasteiger partial charge in [0.1, 0.15) is 0 Å². The van der Waals surface area contributed by atoms with Gasteiger partial charge in [-0.05, 0) is 12.8 Å². The van der Waals surface area contributed by atoms with Crippen LogP contribution >= 0.6 is 0 Å². The second-order valence-electron chi connectivity index (χ2n) is 3.65. The predicted molar refractivity (Wildman–Crippen MR) is 49.1 cm³/mol. The molecule has 1 fully saturated rings. The Kier molecular flexibility index (Phi) is 3.77. The molecule has 0 aromatic rings. The van der Waals surface area contributed by atoms with E-state index in [2.05, 4.69) is 4.99 Å². The molecule has 0 aromatic heterocycles. The largest absolute Gasteiger partial charge is 0.390 e. The monoisotopic (exact) mass is 208 g/mol. The summed E-state index contributed by atoms with van der Waals surface area (Å²) in [6.45, 7) is -0.230. The van der Waals surface area contributed by atoms with Gasteiger partial charge >= 0.3 is 6.18 Å². The normalized spacial score (nSPS) is 20.4. The molecule has 1 rings (SSSR count). The van der Waals surface area contributed by atoms with E-state index in [1.807, 2.05) is 0 Å². The maximum absolute atomic E-state index is 11.8. The summed E-state index contributed by atoms with van der Waals surface area (Å²) in [6, 6.07) is 0. The van der Waals surface area contributed by atoms with E-state index in [4.69, 9.17) is 5.73 Å². The number of nitrogens with two attached hydrogens (primary N) is 1. The molecule has 0 radical (unpaired) electrons. The molecule has 0 atom stereocenters. The van der Waals surface area contributed by atoms with E-state index in [1.165, 1.54) is 0 Å². The summed E-state index contributed by atoms with van der Waals surface area (Å²) < 4.78 is 35.3. The van der Waals surface area contributed by atoms with Crippen LogP contribution in [0.3, 0.4) is 0 Å². The molecule has 82 valence electrons. The van der Waals surface area contributed by atoms with Crippen LogP contribution in [0.1, 0.15) is 32.1 Å². The van der Waals surface area contributed by atoms with E-state index in [-0.39, 0.29) is 12.5 Å². The van der Waals surface area contributed by atoms with E-state index < -0.39 is 12.6 Å². The molecule has 2 nitrogen and oxygen atoms in total. The predicted octanol–water partition coefficient (Wildman–Crippen LogP) is 2.49. The summed E-state index contributed by atoms with van der Waals surface area (Å²) in [5, 5.41) is 0. The van der Waals surface area contributed by atoms with E-state index in [0.717, 1.165) is 25.7 Å². The summed E-state index contributed by atoms with van der Waals surface area (Å²) >= 11 is 0. The van der Waals surface area contributed by atoms with Crippen LogP contribution in [0.15, 0.2) is 4.99 Å².